The van der Waals surface area contributed by atoms with E-state index in [9.17, 15) is 9.59 Å². The maximum atomic E-state index is 11.8. The second-order valence-electron chi connectivity index (χ2n) is 4.24. The standard InChI is InChI=1S/C13H15N3O3/c1-8-7-10(9(2)19-8)12(17)14-15-13(18)11-5-4-6-16(11)3/h4-7H,1-3H3,(H,14,17)(H,15,18). The number of aryl methyl sites for hydroxylation is 3. The van der Waals surface area contributed by atoms with E-state index >= 15 is 0 Å². The molecule has 0 fully saturated rings. The zero-order valence-electron chi connectivity index (χ0n) is 11.0. The summed E-state index contributed by atoms with van der Waals surface area (Å²) in [5, 5.41) is 0. The Morgan fingerprint density at radius 3 is 2.42 bits per heavy atom. The van der Waals surface area contributed by atoms with Gasteiger partial charge in [0, 0.05) is 13.2 Å². The van der Waals surface area contributed by atoms with Gasteiger partial charge in [-0.2, -0.15) is 0 Å². The molecule has 2 N–H and O–H groups in total. The molecule has 0 aliphatic carbocycles. The van der Waals surface area contributed by atoms with Crippen LogP contribution >= 0.6 is 0 Å². The number of carbonyl (C=O) groups is 2. The molecule has 19 heavy (non-hydrogen) atoms. The predicted molar refractivity (Wildman–Crippen MR) is 68.5 cm³/mol. The highest BCUT2D eigenvalue weighted by Crippen LogP contribution is 2.12. The van der Waals surface area contributed by atoms with Crippen molar-refractivity contribution in [2.45, 2.75) is 13.8 Å². The first kappa shape index (κ1) is 12.9. The molecule has 0 bridgehead atoms. The number of hydrazine groups is 1. The van der Waals surface area contributed by atoms with Gasteiger partial charge in [0.25, 0.3) is 11.8 Å². The van der Waals surface area contributed by atoms with Crippen molar-refractivity contribution < 1.29 is 14.0 Å². The molecule has 0 saturated heterocycles. The number of hydrogen-bond donors (Lipinski definition) is 2. The second-order valence-corrected chi connectivity index (χ2v) is 4.24. The number of aromatic nitrogens is 1. The van der Waals surface area contributed by atoms with E-state index in [2.05, 4.69) is 10.9 Å². The largest absolute Gasteiger partial charge is 0.466 e. The molecule has 0 spiro atoms. The van der Waals surface area contributed by atoms with Crippen molar-refractivity contribution in [3.63, 3.8) is 0 Å². The van der Waals surface area contributed by atoms with Gasteiger partial charge in [-0.25, -0.2) is 0 Å². The lowest BCUT2D eigenvalue weighted by Crippen LogP contribution is -2.42. The number of nitrogens with one attached hydrogen (secondary N) is 2. The maximum Gasteiger partial charge on any atom is 0.286 e. The summed E-state index contributed by atoms with van der Waals surface area (Å²) in [4.78, 5) is 23.6. The average Bonchev–Trinajstić information content (AvgIpc) is 2.91. The van der Waals surface area contributed by atoms with E-state index in [-0.39, 0.29) is 5.91 Å². The molecule has 0 saturated carbocycles. The van der Waals surface area contributed by atoms with Crippen LogP contribution in [0.1, 0.15) is 32.4 Å². The summed E-state index contributed by atoms with van der Waals surface area (Å²) in [6.45, 7) is 3.45. The average molecular weight is 261 g/mol. The first-order chi connectivity index (χ1) is 8.99. The summed E-state index contributed by atoms with van der Waals surface area (Å²) in [6.07, 6.45) is 1.75. The van der Waals surface area contributed by atoms with Crippen LogP contribution in [0.4, 0.5) is 0 Å². The fourth-order valence-corrected chi connectivity index (χ4v) is 1.80. The molecule has 0 unspecified atom stereocenters. The minimum Gasteiger partial charge on any atom is -0.466 e. The van der Waals surface area contributed by atoms with Crippen molar-refractivity contribution in [2.75, 3.05) is 0 Å². The fourth-order valence-electron chi connectivity index (χ4n) is 1.80. The monoisotopic (exact) mass is 261 g/mol. The molecule has 2 aromatic rings. The molecule has 0 aliphatic heterocycles. The molecule has 6 nitrogen and oxygen atoms in total. The quantitative estimate of drug-likeness (QED) is 0.800. The van der Waals surface area contributed by atoms with E-state index in [4.69, 9.17) is 4.42 Å². The Balaban J connectivity index is 2.00. The third-order valence-electron chi connectivity index (χ3n) is 2.75. The molecule has 2 amide bonds. The van der Waals surface area contributed by atoms with Crippen LogP contribution in [0.3, 0.4) is 0 Å². The Morgan fingerprint density at radius 2 is 1.89 bits per heavy atom. The highest BCUT2D eigenvalue weighted by Gasteiger charge is 2.15. The van der Waals surface area contributed by atoms with Gasteiger partial charge in [-0.1, -0.05) is 0 Å². The highest BCUT2D eigenvalue weighted by molar-refractivity contribution is 5.99. The van der Waals surface area contributed by atoms with Gasteiger partial charge in [-0.15, -0.1) is 0 Å². The van der Waals surface area contributed by atoms with E-state index in [1.165, 1.54) is 0 Å². The summed E-state index contributed by atoms with van der Waals surface area (Å²) >= 11 is 0. The molecule has 2 aromatic heterocycles. The number of nitrogens with zero attached hydrogens (tertiary/aromatic N) is 1. The lowest BCUT2D eigenvalue weighted by atomic mass is 10.2. The Labute approximate surface area is 110 Å². The van der Waals surface area contributed by atoms with Crippen molar-refractivity contribution in [1.82, 2.24) is 15.4 Å². The lowest BCUT2D eigenvalue weighted by Gasteiger charge is -2.07. The molecule has 6 heteroatoms. The number of carbonyl (C=O) groups excluding carboxylic acids is 2. The van der Waals surface area contributed by atoms with Crippen molar-refractivity contribution >= 4 is 11.8 Å². The van der Waals surface area contributed by atoms with Crippen molar-refractivity contribution in [3.05, 3.63) is 47.2 Å². The van der Waals surface area contributed by atoms with Crippen LogP contribution in [-0.4, -0.2) is 16.4 Å². The lowest BCUT2D eigenvalue weighted by molar-refractivity contribution is 0.0841. The highest BCUT2D eigenvalue weighted by atomic mass is 16.3. The van der Waals surface area contributed by atoms with Crippen molar-refractivity contribution in [1.29, 1.82) is 0 Å². The summed E-state index contributed by atoms with van der Waals surface area (Å²) in [7, 11) is 1.75. The third kappa shape index (κ3) is 2.67. The molecular weight excluding hydrogens is 246 g/mol. The third-order valence-corrected chi connectivity index (χ3v) is 2.75. The van der Waals surface area contributed by atoms with E-state index in [0.29, 0.717) is 22.8 Å². The number of furan rings is 1. The molecule has 0 aromatic carbocycles. The van der Waals surface area contributed by atoms with E-state index in [1.807, 2.05) is 0 Å². The topological polar surface area (TPSA) is 76.3 Å². The minimum atomic E-state index is -0.406. The van der Waals surface area contributed by atoms with Crippen LogP contribution in [0, 0.1) is 13.8 Å². The van der Waals surface area contributed by atoms with Gasteiger partial charge in [0.1, 0.15) is 17.2 Å². The van der Waals surface area contributed by atoms with Crippen molar-refractivity contribution in [3.8, 4) is 0 Å². The van der Waals surface area contributed by atoms with Crippen LogP contribution < -0.4 is 10.9 Å². The zero-order valence-corrected chi connectivity index (χ0v) is 11.0. The molecule has 0 radical (unpaired) electrons. The Hall–Kier alpha value is -2.50. The van der Waals surface area contributed by atoms with Gasteiger partial charge >= 0.3 is 0 Å². The summed E-state index contributed by atoms with van der Waals surface area (Å²) in [5.74, 6) is 0.384. The van der Waals surface area contributed by atoms with Gasteiger partial charge in [-0.05, 0) is 32.0 Å². The molecule has 0 atom stereocenters. The Kier molecular flexibility index (Phi) is 3.41. The first-order valence-electron chi connectivity index (χ1n) is 5.78. The van der Waals surface area contributed by atoms with Gasteiger partial charge in [0.15, 0.2) is 0 Å². The second kappa shape index (κ2) is 5.01. The number of rotatable bonds is 2. The molecule has 0 aliphatic rings. The summed E-state index contributed by atoms with van der Waals surface area (Å²) in [5.41, 5.74) is 5.58. The smallest absolute Gasteiger partial charge is 0.286 e. The van der Waals surface area contributed by atoms with Crippen LogP contribution in [0.5, 0.6) is 0 Å². The summed E-state index contributed by atoms with van der Waals surface area (Å²) < 4.78 is 6.92. The van der Waals surface area contributed by atoms with Gasteiger partial charge in [0.05, 0.1) is 5.56 Å². The number of amides is 2. The molecule has 2 heterocycles. The van der Waals surface area contributed by atoms with E-state index < -0.39 is 5.91 Å². The number of hydrogen-bond acceptors (Lipinski definition) is 3. The van der Waals surface area contributed by atoms with Gasteiger partial charge in [0.2, 0.25) is 0 Å². The van der Waals surface area contributed by atoms with E-state index in [1.54, 1.807) is 49.9 Å². The van der Waals surface area contributed by atoms with Crippen LogP contribution in [0.2, 0.25) is 0 Å². The van der Waals surface area contributed by atoms with Crippen LogP contribution in [-0.2, 0) is 7.05 Å². The SMILES string of the molecule is Cc1cc(C(=O)NNC(=O)c2cccn2C)c(C)o1. The predicted octanol–water partition coefficient (Wildman–Crippen LogP) is 1.31. The Bertz CT molecular complexity index is 625. The molecule has 2 rings (SSSR count). The van der Waals surface area contributed by atoms with Crippen LogP contribution in [0.25, 0.3) is 0 Å². The zero-order chi connectivity index (χ0) is 14.0. The minimum absolute atomic E-state index is 0.376. The van der Waals surface area contributed by atoms with Crippen molar-refractivity contribution in [2.24, 2.45) is 7.05 Å². The molecular formula is C13H15N3O3. The summed E-state index contributed by atoms with van der Waals surface area (Å²) in [6, 6.07) is 5.04. The Morgan fingerprint density at radius 1 is 1.21 bits per heavy atom. The van der Waals surface area contributed by atoms with Crippen LogP contribution in [0.15, 0.2) is 28.8 Å². The van der Waals surface area contributed by atoms with E-state index in [0.717, 1.165) is 0 Å². The first-order valence-corrected chi connectivity index (χ1v) is 5.78. The van der Waals surface area contributed by atoms with Gasteiger partial charge < -0.3 is 8.98 Å². The molecule has 100 valence electrons. The maximum absolute atomic E-state index is 11.8. The normalized spacial score (nSPS) is 10.3. The van der Waals surface area contributed by atoms with Gasteiger partial charge in [-0.3, -0.25) is 20.4 Å². The fraction of sp³-hybridized carbons (Fsp3) is 0.231.